The smallest absolute Gasteiger partial charge is 0.304 e. The third kappa shape index (κ3) is 2.16. The molecule has 0 fully saturated rings. The van der Waals surface area contributed by atoms with Gasteiger partial charge >= 0.3 is 4.87 Å². The highest BCUT2D eigenvalue weighted by molar-refractivity contribution is 7.07. The van der Waals surface area contributed by atoms with Gasteiger partial charge in [-0.2, -0.15) is 4.98 Å². The Bertz CT molecular complexity index is 809. The van der Waals surface area contributed by atoms with E-state index in [-0.39, 0.29) is 10.8 Å². The second-order valence-corrected chi connectivity index (χ2v) is 5.09. The van der Waals surface area contributed by atoms with Crippen molar-refractivity contribution in [2.45, 2.75) is 12.4 Å². The molecule has 3 aromatic rings. The second kappa shape index (κ2) is 5.22. The van der Waals surface area contributed by atoms with Crippen LogP contribution in [0.3, 0.4) is 0 Å². The zero-order valence-electron chi connectivity index (χ0n) is 10.5. The average Bonchev–Trinajstić information content (AvgIpc) is 3.03. The van der Waals surface area contributed by atoms with Crippen LogP contribution in [0.25, 0.3) is 11.2 Å². The van der Waals surface area contributed by atoms with E-state index in [1.165, 1.54) is 13.4 Å². The second-order valence-electron chi connectivity index (χ2n) is 3.98. The van der Waals surface area contributed by atoms with Crippen molar-refractivity contribution >= 4 is 34.1 Å². The number of rotatable bonds is 4. The Hall–Kier alpha value is -1.93. The Morgan fingerprint density at radius 2 is 2.35 bits per heavy atom. The number of H-pyrrole nitrogens is 1. The van der Waals surface area contributed by atoms with Crippen molar-refractivity contribution in [2.24, 2.45) is 0 Å². The molecular weight excluding hydrogens is 302 g/mol. The Morgan fingerprint density at radius 3 is 3.00 bits per heavy atom. The molecule has 3 rings (SSSR count). The molecule has 0 aliphatic heterocycles. The van der Waals surface area contributed by atoms with Crippen LogP contribution in [0.4, 0.5) is 0 Å². The van der Waals surface area contributed by atoms with Crippen LogP contribution < -0.4 is 9.61 Å². The standard InChI is InChI=1S/C11H10ClN5O2S/c1-19-10-8-9(13-5-14-10)17(7(2-12)16-8)3-6-4-20-11(18)15-6/h4-5H,2-3H2,1H3,(H,15,18). The van der Waals surface area contributed by atoms with E-state index in [4.69, 9.17) is 16.3 Å². The minimum absolute atomic E-state index is 0.0935. The number of nitrogens with zero attached hydrogens (tertiary/aromatic N) is 4. The highest BCUT2D eigenvalue weighted by atomic mass is 35.5. The summed E-state index contributed by atoms with van der Waals surface area (Å²) in [5.74, 6) is 1.28. The van der Waals surface area contributed by atoms with Crippen LogP contribution in [0.15, 0.2) is 16.5 Å². The predicted molar refractivity (Wildman–Crippen MR) is 75.5 cm³/mol. The summed E-state index contributed by atoms with van der Waals surface area (Å²) < 4.78 is 7.01. The molecule has 0 bridgehead atoms. The lowest BCUT2D eigenvalue weighted by Crippen LogP contribution is -2.06. The maximum atomic E-state index is 11.2. The molecule has 0 saturated carbocycles. The van der Waals surface area contributed by atoms with Crippen LogP contribution in [0.2, 0.25) is 0 Å². The molecule has 0 aromatic carbocycles. The first-order chi connectivity index (χ1) is 9.72. The summed E-state index contributed by atoms with van der Waals surface area (Å²) in [5, 5.41) is 1.77. The fraction of sp³-hybridized carbons (Fsp3) is 0.273. The molecule has 3 heterocycles. The van der Waals surface area contributed by atoms with Crippen LogP contribution in [0.1, 0.15) is 11.5 Å². The van der Waals surface area contributed by atoms with Gasteiger partial charge in [-0.1, -0.05) is 11.3 Å². The van der Waals surface area contributed by atoms with Gasteiger partial charge in [0.1, 0.15) is 12.2 Å². The zero-order valence-corrected chi connectivity index (χ0v) is 12.0. The number of aromatic nitrogens is 5. The van der Waals surface area contributed by atoms with Crippen molar-refractivity contribution < 1.29 is 4.74 Å². The van der Waals surface area contributed by atoms with Gasteiger partial charge in [-0.3, -0.25) is 4.79 Å². The van der Waals surface area contributed by atoms with Gasteiger partial charge in [0.15, 0.2) is 11.2 Å². The van der Waals surface area contributed by atoms with Crippen molar-refractivity contribution in [2.75, 3.05) is 7.11 Å². The zero-order chi connectivity index (χ0) is 14.1. The van der Waals surface area contributed by atoms with Crippen LogP contribution >= 0.6 is 22.9 Å². The van der Waals surface area contributed by atoms with Gasteiger partial charge in [-0.25, -0.2) is 9.97 Å². The Morgan fingerprint density at radius 1 is 1.50 bits per heavy atom. The first-order valence-electron chi connectivity index (χ1n) is 5.69. The van der Waals surface area contributed by atoms with E-state index < -0.39 is 0 Å². The van der Waals surface area contributed by atoms with Gasteiger partial charge in [0.2, 0.25) is 5.88 Å². The lowest BCUT2D eigenvalue weighted by atomic mass is 10.4. The summed E-state index contributed by atoms with van der Waals surface area (Å²) in [6, 6.07) is 0. The normalized spacial score (nSPS) is 11.1. The molecule has 0 atom stereocenters. The van der Waals surface area contributed by atoms with Gasteiger partial charge in [-0.05, 0) is 0 Å². The van der Waals surface area contributed by atoms with Crippen LogP contribution in [-0.4, -0.2) is 31.6 Å². The van der Waals surface area contributed by atoms with E-state index in [9.17, 15) is 4.79 Å². The summed E-state index contributed by atoms with van der Waals surface area (Å²) in [5.41, 5.74) is 1.96. The highest BCUT2D eigenvalue weighted by Gasteiger charge is 2.16. The topological polar surface area (TPSA) is 85.7 Å². The molecule has 1 N–H and O–H groups in total. The molecule has 9 heteroatoms. The Kier molecular flexibility index (Phi) is 3.41. The summed E-state index contributed by atoms with van der Waals surface area (Å²) >= 11 is 7.05. The molecule has 0 spiro atoms. The van der Waals surface area contributed by atoms with Crippen molar-refractivity contribution in [3.8, 4) is 5.88 Å². The molecule has 3 aromatic heterocycles. The number of aromatic amines is 1. The monoisotopic (exact) mass is 311 g/mol. The van der Waals surface area contributed by atoms with Crippen LogP contribution in [0, 0.1) is 0 Å². The number of alkyl halides is 1. The van der Waals surface area contributed by atoms with Crippen LogP contribution in [-0.2, 0) is 12.4 Å². The lowest BCUT2D eigenvalue weighted by Gasteiger charge is -2.05. The molecule has 0 aliphatic carbocycles. The fourth-order valence-electron chi connectivity index (χ4n) is 1.94. The minimum atomic E-state index is -0.0935. The number of fused-ring (bicyclic) bond motifs is 1. The largest absolute Gasteiger partial charge is 0.479 e. The van der Waals surface area contributed by atoms with E-state index in [0.717, 1.165) is 17.0 Å². The number of nitrogens with one attached hydrogen (secondary N) is 1. The summed E-state index contributed by atoms with van der Waals surface area (Å²) in [6.45, 7) is 0.442. The first kappa shape index (κ1) is 13.1. The van der Waals surface area contributed by atoms with Gasteiger partial charge in [0.25, 0.3) is 0 Å². The van der Waals surface area contributed by atoms with Crippen LogP contribution in [0.5, 0.6) is 5.88 Å². The Labute approximate surface area is 122 Å². The molecule has 104 valence electrons. The SMILES string of the molecule is COc1ncnc2c1nc(CCl)n2Cc1csc(=O)[nH]1. The van der Waals surface area contributed by atoms with Gasteiger partial charge in [0.05, 0.1) is 19.5 Å². The van der Waals surface area contributed by atoms with Crippen molar-refractivity contribution in [1.29, 1.82) is 0 Å². The molecule has 0 radical (unpaired) electrons. The summed E-state index contributed by atoms with van der Waals surface area (Å²) in [7, 11) is 1.53. The number of hydrogen-bond acceptors (Lipinski definition) is 6. The molecule has 0 unspecified atom stereocenters. The lowest BCUT2D eigenvalue weighted by molar-refractivity contribution is 0.401. The Balaban J connectivity index is 2.15. The number of halogens is 1. The van der Waals surface area contributed by atoms with Gasteiger partial charge in [-0.15, -0.1) is 11.6 Å². The van der Waals surface area contributed by atoms with E-state index in [1.54, 1.807) is 5.38 Å². The first-order valence-corrected chi connectivity index (χ1v) is 7.11. The number of methoxy groups -OCH3 is 1. The van der Waals surface area contributed by atoms with E-state index in [0.29, 0.717) is 29.4 Å². The minimum Gasteiger partial charge on any atom is -0.479 e. The molecule has 0 saturated heterocycles. The number of imidazole rings is 1. The summed E-state index contributed by atoms with van der Waals surface area (Å²) in [6.07, 6.45) is 1.41. The van der Waals surface area contributed by atoms with Crippen molar-refractivity contribution in [3.63, 3.8) is 0 Å². The molecule has 0 amide bonds. The maximum Gasteiger partial charge on any atom is 0.304 e. The third-order valence-electron chi connectivity index (χ3n) is 2.79. The van der Waals surface area contributed by atoms with E-state index in [1.807, 2.05) is 4.57 Å². The quantitative estimate of drug-likeness (QED) is 0.736. The number of thiazole rings is 1. The summed E-state index contributed by atoms with van der Waals surface area (Å²) in [4.78, 5) is 26.5. The van der Waals surface area contributed by atoms with Crippen molar-refractivity contribution in [1.82, 2.24) is 24.5 Å². The maximum absolute atomic E-state index is 11.2. The molecule has 7 nitrogen and oxygen atoms in total. The predicted octanol–water partition coefficient (Wildman–Crippen LogP) is 1.37. The van der Waals surface area contributed by atoms with Gasteiger partial charge in [0, 0.05) is 11.1 Å². The fourth-order valence-corrected chi connectivity index (χ4v) is 2.72. The molecule has 0 aliphatic rings. The molecule has 20 heavy (non-hydrogen) atoms. The number of ether oxygens (including phenoxy) is 1. The van der Waals surface area contributed by atoms with Crippen molar-refractivity contribution in [3.05, 3.63) is 32.9 Å². The third-order valence-corrected chi connectivity index (χ3v) is 3.75. The highest BCUT2D eigenvalue weighted by Crippen LogP contribution is 2.23. The average molecular weight is 312 g/mol. The van der Waals surface area contributed by atoms with E-state index in [2.05, 4.69) is 19.9 Å². The number of hydrogen-bond donors (Lipinski definition) is 1. The van der Waals surface area contributed by atoms with E-state index >= 15 is 0 Å². The van der Waals surface area contributed by atoms with Gasteiger partial charge < -0.3 is 14.3 Å². The molecular formula is C11H10ClN5O2S.